The van der Waals surface area contributed by atoms with Gasteiger partial charge in [-0.05, 0) is 62.7 Å². The number of likely N-dealkylation sites (N-methyl/N-ethyl adjacent to an activating group) is 1. The normalized spacial score (nSPS) is 39.7. The van der Waals surface area contributed by atoms with Crippen LogP contribution in [0.15, 0.2) is 4.52 Å². The smallest absolute Gasteiger partial charge is 0.229 e. The highest BCUT2D eigenvalue weighted by Crippen LogP contribution is 2.67. The van der Waals surface area contributed by atoms with Gasteiger partial charge in [-0.2, -0.15) is 4.98 Å². The zero-order valence-electron chi connectivity index (χ0n) is 16.5. The molecule has 0 saturated heterocycles. The average Bonchev–Trinajstić information content (AvgIpc) is 3.35. The number of hydrogen-bond donors (Lipinski definition) is 1. The summed E-state index contributed by atoms with van der Waals surface area (Å²) >= 11 is 0. The largest absolute Gasteiger partial charge is 0.390 e. The van der Waals surface area contributed by atoms with Crippen molar-refractivity contribution in [3.05, 3.63) is 11.7 Å². The molecule has 0 aromatic carbocycles. The van der Waals surface area contributed by atoms with Gasteiger partial charge in [-0.25, -0.2) is 0 Å². The Kier molecular flexibility index (Phi) is 3.78. The van der Waals surface area contributed by atoms with Gasteiger partial charge >= 0.3 is 0 Å². The van der Waals surface area contributed by atoms with Crippen LogP contribution >= 0.6 is 0 Å². The predicted octanol–water partition coefficient (Wildman–Crippen LogP) is 3.06. The lowest BCUT2D eigenvalue weighted by Gasteiger charge is -2.64. The van der Waals surface area contributed by atoms with E-state index in [1.807, 2.05) is 11.9 Å². The number of aliphatic hydroxyl groups is 1. The molecule has 5 fully saturated rings. The second-order valence-electron chi connectivity index (χ2n) is 10.2. The lowest BCUT2D eigenvalue weighted by Crippen LogP contribution is -2.63. The number of amides is 1. The summed E-state index contributed by atoms with van der Waals surface area (Å²) in [6, 6.07) is 0. The van der Waals surface area contributed by atoms with Crippen molar-refractivity contribution >= 4 is 5.91 Å². The number of aromatic nitrogens is 2. The fourth-order valence-corrected chi connectivity index (χ4v) is 6.86. The molecule has 5 aliphatic rings. The summed E-state index contributed by atoms with van der Waals surface area (Å²) in [7, 11) is 1.89. The maximum absolute atomic E-state index is 13.5. The Hall–Kier alpha value is -1.43. The van der Waals surface area contributed by atoms with Crippen LogP contribution in [-0.2, 0) is 11.2 Å². The molecule has 1 aromatic heterocycles. The first-order chi connectivity index (χ1) is 12.8. The first-order valence-electron chi connectivity index (χ1n) is 10.6. The first kappa shape index (κ1) is 17.7. The van der Waals surface area contributed by atoms with Gasteiger partial charge in [0.05, 0.1) is 11.0 Å². The molecule has 1 amide bonds. The molecule has 1 aromatic rings. The summed E-state index contributed by atoms with van der Waals surface area (Å²) in [6.07, 6.45) is 9.50. The van der Waals surface area contributed by atoms with Gasteiger partial charge in [0, 0.05) is 25.9 Å². The highest BCUT2D eigenvalue weighted by molar-refractivity contribution is 5.83. The fourth-order valence-electron chi connectivity index (χ4n) is 6.86. The van der Waals surface area contributed by atoms with Crippen molar-refractivity contribution < 1.29 is 14.4 Å². The van der Waals surface area contributed by atoms with Crippen molar-refractivity contribution in [2.75, 3.05) is 13.6 Å². The number of rotatable bonds is 6. The Labute approximate surface area is 160 Å². The van der Waals surface area contributed by atoms with E-state index in [1.54, 1.807) is 0 Å². The molecule has 4 bridgehead atoms. The molecule has 0 radical (unpaired) electrons. The molecule has 6 heteroatoms. The van der Waals surface area contributed by atoms with Crippen LogP contribution in [0.2, 0.25) is 0 Å². The van der Waals surface area contributed by atoms with Gasteiger partial charge in [-0.1, -0.05) is 18.5 Å². The Balaban J connectivity index is 1.29. The third kappa shape index (κ3) is 2.91. The summed E-state index contributed by atoms with van der Waals surface area (Å²) in [5, 5.41) is 15.2. The van der Waals surface area contributed by atoms with E-state index in [0.717, 1.165) is 50.8 Å². The van der Waals surface area contributed by atoms with Crippen LogP contribution in [0.1, 0.15) is 82.3 Å². The molecule has 1 heterocycles. The molecule has 6 nitrogen and oxygen atoms in total. The molecule has 0 spiro atoms. The second kappa shape index (κ2) is 5.79. The predicted molar refractivity (Wildman–Crippen MR) is 98.9 cm³/mol. The summed E-state index contributed by atoms with van der Waals surface area (Å²) in [5.41, 5.74) is -0.828. The minimum atomic E-state index is -0.626. The van der Waals surface area contributed by atoms with Gasteiger partial charge in [-0.15, -0.1) is 0 Å². The molecular formula is C21H31N3O3. The van der Waals surface area contributed by atoms with Gasteiger partial charge in [-0.3, -0.25) is 4.79 Å². The van der Waals surface area contributed by atoms with Gasteiger partial charge in [0.1, 0.15) is 0 Å². The minimum absolute atomic E-state index is 0.164. The number of carbonyl (C=O) groups excluding carboxylic acids is 1. The fraction of sp³-hybridized carbons (Fsp3) is 0.857. The van der Waals surface area contributed by atoms with Gasteiger partial charge in [0.15, 0.2) is 5.82 Å². The standard InChI is InChI=1S/C21H31N3O3/c1-3-19-8-14-9-20(11-19,13-21(26,10-14)12-19)18(25)24(2)7-6-16-22-17(27-23-16)15-4-5-15/h14-15,26H,3-13H2,1-2H3. The van der Waals surface area contributed by atoms with E-state index in [0.29, 0.717) is 37.0 Å². The molecule has 5 saturated carbocycles. The maximum Gasteiger partial charge on any atom is 0.229 e. The highest BCUT2D eigenvalue weighted by Gasteiger charge is 2.65. The van der Waals surface area contributed by atoms with Crippen molar-refractivity contribution in [1.29, 1.82) is 0 Å². The van der Waals surface area contributed by atoms with Crippen LogP contribution in [0.4, 0.5) is 0 Å². The summed E-state index contributed by atoms with van der Waals surface area (Å²) in [4.78, 5) is 19.8. The highest BCUT2D eigenvalue weighted by atomic mass is 16.5. The summed E-state index contributed by atoms with van der Waals surface area (Å²) in [5.74, 6) is 2.64. The number of nitrogens with zero attached hydrogens (tertiary/aromatic N) is 3. The van der Waals surface area contributed by atoms with Gasteiger partial charge in [0.2, 0.25) is 11.8 Å². The molecule has 4 unspecified atom stereocenters. The SMILES string of the molecule is CCC12CC3CC(O)(C1)CC(C(=O)N(C)CCc1noc(C4CC4)n1)(C3)C2. The van der Waals surface area contributed by atoms with Crippen LogP contribution in [0.3, 0.4) is 0 Å². The van der Waals surface area contributed by atoms with E-state index in [1.165, 1.54) is 6.42 Å². The van der Waals surface area contributed by atoms with Crippen LogP contribution < -0.4 is 0 Å². The monoisotopic (exact) mass is 373 g/mol. The molecule has 4 atom stereocenters. The van der Waals surface area contributed by atoms with Crippen molar-refractivity contribution in [2.24, 2.45) is 16.7 Å². The van der Waals surface area contributed by atoms with Crippen molar-refractivity contribution in [1.82, 2.24) is 15.0 Å². The van der Waals surface area contributed by atoms with E-state index in [4.69, 9.17) is 4.52 Å². The summed E-state index contributed by atoms with van der Waals surface area (Å²) < 4.78 is 5.33. The second-order valence-corrected chi connectivity index (χ2v) is 10.2. The van der Waals surface area contributed by atoms with Crippen molar-refractivity contribution in [3.8, 4) is 0 Å². The van der Waals surface area contributed by atoms with Crippen LogP contribution in [-0.4, -0.2) is 45.2 Å². The maximum atomic E-state index is 13.5. The van der Waals surface area contributed by atoms with Crippen LogP contribution in [0.25, 0.3) is 0 Å². The lowest BCUT2D eigenvalue weighted by molar-refractivity contribution is -0.209. The zero-order valence-corrected chi connectivity index (χ0v) is 16.5. The third-order valence-corrected chi connectivity index (χ3v) is 7.79. The van der Waals surface area contributed by atoms with Crippen LogP contribution in [0.5, 0.6) is 0 Å². The molecule has 148 valence electrons. The molecule has 27 heavy (non-hydrogen) atoms. The summed E-state index contributed by atoms with van der Waals surface area (Å²) in [6.45, 7) is 2.83. The third-order valence-electron chi connectivity index (χ3n) is 7.79. The topological polar surface area (TPSA) is 79.5 Å². The van der Waals surface area contributed by atoms with E-state index in [9.17, 15) is 9.90 Å². The quantitative estimate of drug-likeness (QED) is 0.829. The van der Waals surface area contributed by atoms with E-state index >= 15 is 0 Å². The van der Waals surface area contributed by atoms with Gasteiger partial charge < -0.3 is 14.5 Å². The molecular weight excluding hydrogens is 342 g/mol. The van der Waals surface area contributed by atoms with Gasteiger partial charge in [0.25, 0.3) is 0 Å². The molecule has 5 aliphatic carbocycles. The zero-order chi connectivity index (χ0) is 18.9. The van der Waals surface area contributed by atoms with Crippen LogP contribution in [0, 0.1) is 16.7 Å². The number of carbonyl (C=O) groups is 1. The Morgan fingerprint density at radius 1 is 1.26 bits per heavy atom. The lowest BCUT2D eigenvalue weighted by atomic mass is 9.42. The molecule has 6 rings (SSSR count). The van der Waals surface area contributed by atoms with Crippen molar-refractivity contribution in [2.45, 2.75) is 82.7 Å². The molecule has 0 aliphatic heterocycles. The Morgan fingerprint density at radius 2 is 2.07 bits per heavy atom. The van der Waals surface area contributed by atoms with Crippen molar-refractivity contribution in [3.63, 3.8) is 0 Å². The Bertz CT molecular complexity index is 760. The van der Waals surface area contributed by atoms with E-state index < -0.39 is 5.60 Å². The Morgan fingerprint density at radius 3 is 2.78 bits per heavy atom. The van der Waals surface area contributed by atoms with E-state index in [2.05, 4.69) is 17.1 Å². The average molecular weight is 373 g/mol. The minimum Gasteiger partial charge on any atom is -0.390 e. The first-order valence-corrected chi connectivity index (χ1v) is 10.6. The molecule has 1 N–H and O–H groups in total. The number of hydrogen-bond acceptors (Lipinski definition) is 5. The van der Waals surface area contributed by atoms with E-state index in [-0.39, 0.29) is 16.7 Å².